The van der Waals surface area contributed by atoms with Crippen molar-refractivity contribution in [2.24, 2.45) is 0 Å². The van der Waals surface area contributed by atoms with Crippen LogP contribution in [0.25, 0.3) is 17.2 Å². The number of aromatic nitrogens is 2. The first-order chi connectivity index (χ1) is 6.83. The summed E-state index contributed by atoms with van der Waals surface area (Å²) in [6, 6.07) is 6.18. The zero-order valence-corrected chi connectivity index (χ0v) is 8.36. The first kappa shape index (κ1) is 8.81. The Morgan fingerprint density at radius 1 is 1.43 bits per heavy atom. The maximum Gasteiger partial charge on any atom is 0.1000 e. The molecule has 0 fully saturated rings. The molecule has 0 saturated heterocycles. The molecule has 2 rings (SSSR count). The molecule has 1 heterocycles. The Balaban J connectivity index is 2.58. The molecule has 0 saturated carbocycles. The van der Waals surface area contributed by atoms with Gasteiger partial charge in [0, 0.05) is 19.4 Å². The lowest BCUT2D eigenvalue weighted by Gasteiger charge is -1.97. The predicted octanol–water partition coefficient (Wildman–Crippen LogP) is 1.99. The number of aryl methyl sites for hydroxylation is 1. The molecular weight excluding hydrogens is 174 g/mol. The third kappa shape index (κ3) is 1.37. The molecule has 0 amide bonds. The van der Waals surface area contributed by atoms with Gasteiger partial charge >= 0.3 is 0 Å². The van der Waals surface area contributed by atoms with E-state index >= 15 is 0 Å². The smallest absolute Gasteiger partial charge is 0.1000 e. The van der Waals surface area contributed by atoms with E-state index in [1.807, 2.05) is 36.4 Å². The van der Waals surface area contributed by atoms with Crippen molar-refractivity contribution in [2.75, 3.05) is 7.05 Å². The normalized spacial score (nSPS) is 11.3. The molecule has 0 aliphatic heterocycles. The van der Waals surface area contributed by atoms with Crippen molar-refractivity contribution in [3.8, 4) is 0 Å². The number of hydrogen-bond donors (Lipinski definition) is 1. The highest BCUT2D eigenvalue weighted by atomic mass is 15.0. The lowest BCUT2D eigenvalue weighted by atomic mass is 10.2. The van der Waals surface area contributed by atoms with Gasteiger partial charge in [0.2, 0.25) is 0 Å². The van der Waals surface area contributed by atoms with Crippen molar-refractivity contribution in [2.45, 2.75) is 6.92 Å². The number of nitrogens with one attached hydrogen (secondary N) is 1. The summed E-state index contributed by atoms with van der Waals surface area (Å²) >= 11 is 0. The standard InChI is InChI=1S/C11H13N3/c1-9-4-3-5-10-11(9)13-8-14(10)7-6-12-2/h3-8,12H,1-2H3/b7-6-. The van der Waals surface area contributed by atoms with Crippen LogP contribution in [0, 0.1) is 6.92 Å². The quantitative estimate of drug-likeness (QED) is 0.779. The monoisotopic (exact) mass is 187 g/mol. The molecule has 0 atom stereocenters. The van der Waals surface area contributed by atoms with Gasteiger partial charge in [-0.25, -0.2) is 4.98 Å². The van der Waals surface area contributed by atoms with Gasteiger partial charge in [0.25, 0.3) is 0 Å². The van der Waals surface area contributed by atoms with Crippen LogP contribution in [0.3, 0.4) is 0 Å². The maximum absolute atomic E-state index is 4.36. The van der Waals surface area contributed by atoms with Crippen molar-refractivity contribution in [1.82, 2.24) is 14.9 Å². The molecule has 0 spiro atoms. The summed E-state index contributed by atoms with van der Waals surface area (Å²) in [5, 5.41) is 2.96. The zero-order chi connectivity index (χ0) is 9.97. The third-order valence-electron chi connectivity index (χ3n) is 2.21. The van der Waals surface area contributed by atoms with Crippen LogP contribution in [-0.2, 0) is 0 Å². The molecular formula is C11H13N3. The minimum Gasteiger partial charge on any atom is -0.393 e. The summed E-state index contributed by atoms with van der Waals surface area (Å²) in [6.07, 6.45) is 5.66. The Hall–Kier alpha value is -1.77. The number of nitrogens with zero attached hydrogens (tertiary/aromatic N) is 2. The largest absolute Gasteiger partial charge is 0.393 e. The van der Waals surface area contributed by atoms with Crippen molar-refractivity contribution in [1.29, 1.82) is 0 Å². The maximum atomic E-state index is 4.36. The molecule has 0 unspecified atom stereocenters. The van der Waals surface area contributed by atoms with Crippen LogP contribution in [0.5, 0.6) is 0 Å². The Morgan fingerprint density at radius 3 is 3.07 bits per heavy atom. The van der Waals surface area contributed by atoms with Gasteiger partial charge in [0.1, 0.15) is 0 Å². The molecule has 0 aliphatic rings. The minimum absolute atomic E-state index is 1.06. The topological polar surface area (TPSA) is 29.9 Å². The van der Waals surface area contributed by atoms with Gasteiger partial charge in [-0.1, -0.05) is 12.1 Å². The van der Waals surface area contributed by atoms with Crippen LogP contribution in [0.2, 0.25) is 0 Å². The fourth-order valence-corrected chi connectivity index (χ4v) is 1.48. The molecule has 72 valence electrons. The molecule has 0 radical (unpaired) electrons. The number of fused-ring (bicyclic) bond motifs is 1. The number of rotatable bonds is 2. The number of benzene rings is 1. The second-order valence-corrected chi connectivity index (χ2v) is 3.20. The highest BCUT2D eigenvalue weighted by Crippen LogP contribution is 2.16. The van der Waals surface area contributed by atoms with E-state index in [-0.39, 0.29) is 0 Å². The molecule has 0 aliphatic carbocycles. The average molecular weight is 187 g/mol. The van der Waals surface area contributed by atoms with E-state index < -0.39 is 0 Å². The van der Waals surface area contributed by atoms with Gasteiger partial charge < -0.3 is 9.88 Å². The number of imidazole rings is 1. The van der Waals surface area contributed by atoms with Crippen LogP contribution in [-0.4, -0.2) is 16.6 Å². The Kier molecular flexibility index (Phi) is 2.23. The van der Waals surface area contributed by atoms with Gasteiger partial charge in [0.15, 0.2) is 0 Å². The molecule has 14 heavy (non-hydrogen) atoms. The van der Waals surface area contributed by atoms with Gasteiger partial charge in [0.05, 0.1) is 17.4 Å². The van der Waals surface area contributed by atoms with Gasteiger partial charge in [-0.2, -0.15) is 0 Å². The summed E-state index contributed by atoms with van der Waals surface area (Å²) in [5.74, 6) is 0. The lowest BCUT2D eigenvalue weighted by molar-refractivity contribution is 1.08. The summed E-state index contributed by atoms with van der Waals surface area (Å²) in [4.78, 5) is 4.36. The van der Waals surface area contributed by atoms with E-state index in [4.69, 9.17) is 0 Å². The van der Waals surface area contributed by atoms with Gasteiger partial charge in [-0.3, -0.25) is 0 Å². The zero-order valence-electron chi connectivity index (χ0n) is 8.36. The molecule has 0 bridgehead atoms. The highest BCUT2D eigenvalue weighted by Gasteiger charge is 2.01. The molecule has 1 N–H and O–H groups in total. The first-order valence-corrected chi connectivity index (χ1v) is 4.59. The summed E-state index contributed by atoms with van der Waals surface area (Å²) in [5.41, 5.74) is 3.41. The lowest BCUT2D eigenvalue weighted by Crippen LogP contribution is -1.93. The Morgan fingerprint density at radius 2 is 2.29 bits per heavy atom. The number of para-hydroxylation sites is 1. The molecule has 1 aromatic heterocycles. The van der Waals surface area contributed by atoms with Crippen molar-refractivity contribution in [3.05, 3.63) is 36.3 Å². The van der Waals surface area contributed by atoms with Gasteiger partial charge in [-0.15, -0.1) is 0 Å². The molecule has 2 aromatic rings. The van der Waals surface area contributed by atoms with Crippen molar-refractivity contribution < 1.29 is 0 Å². The van der Waals surface area contributed by atoms with Crippen LogP contribution in [0.1, 0.15) is 5.56 Å². The second-order valence-electron chi connectivity index (χ2n) is 3.20. The van der Waals surface area contributed by atoms with Crippen LogP contribution in [0.15, 0.2) is 30.7 Å². The Labute approximate surface area is 83.1 Å². The summed E-state index contributed by atoms with van der Waals surface area (Å²) in [7, 11) is 1.88. The third-order valence-corrected chi connectivity index (χ3v) is 2.21. The van der Waals surface area contributed by atoms with Crippen molar-refractivity contribution in [3.63, 3.8) is 0 Å². The average Bonchev–Trinajstić information content (AvgIpc) is 2.60. The SMILES string of the molecule is CN/C=C\n1cnc2c(C)cccc21. The van der Waals surface area contributed by atoms with Crippen LogP contribution < -0.4 is 5.32 Å². The predicted molar refractivity (Wildman–Crippen MR) is 58.9 cm³/mol. The summed E-state index contributed by atoms with van der Waals surface area (Å²) in [6.45, 7) is 2.07. The molecule has 3 nitrogen and oxygen atoms in total. The number of hydrogen-bond acceptors (Lipinski definition) is 2. The van der Waals surface area contributed by atoms with Gasteiger partial charge in [-0.05, 0) is 18.6 Å². The first-order valence-electron chi connectivity index (χ1n) is 4.59. The van der Waals surface area contributed by atoms with E-state index in [9.17, 15) is 0 Å². The minimum atomic E-state index is 1.06. The molecule has 1 aromatic carbocycles. The van der Waals surface area contributed by atoms with Crippen molar-refractivity contribution >= 4 is 17.2 Å². The van der Waals surface area contributed by atoms with Crippen LogP contribution >= 0.6 is 0 Å². The fraction of sp³-hybridized carbons (Fsp3) is 0.182. The molecule has 3 heteroatoms. The van der Waals surface area contributed by atoms with E-state index in [2.05, 4.69) is 29.4 Å². The Bertz CT molecular complexity index is 468. The van der Waals surface area contributed by atoms with E-state index in [1.165, 1.54) is 5.56 Å². The highest BCUT2D eigenvalue weighted by molar-refractivity contribution is 5.80. The van der Waals surface area contributed by atoms with E-state index in [1.54, 1.807) is 0 Å². The van der Waals surface area contributed by atoms with Crippen LogP contribution in [0.4, 0.5) is 0 Å². The fourth-order valence-electron chi connectivity index (χ4n) is 1.48. The van der Waals surface area contributed by atoms with E-state index in [0.717, 1.165) is 11.0 Å². The van der Waals surface area contributed by atoms with E-state index in [0.29, 0.717) is 0 Å². The second kappa shape index (κ2) is 3.54. The summed E-state index contributed by atoms with van der Waals surface area (Å²) < 4.78 is 2.00.